The summed E-state index contributed by atoms with van der Waals surface area (Å²) in [4.78, 5) is 2.25. The number of nitrogens with zero attached hydrogens (tertiary/aromatic N) is 1. The molecule has 1 rings (SSSR count). The SMILES string of the molecule is CCOCCN(C)Cc1cc(C(C)NC)ccc1OC. The summed E-state index contributed by atoms with van der Waals surface area (Å²) in [5.41, 5.74) is 2.49. The summed E-state index contributed by atoms with van der Waals surface area (Å²) in [6.07, 6.45) is 0. The quantitative estimate of drug-likeness (QED) is 0.705. The average molecular weight is 280 g/mol. The van der Waals surface area contributed by atoms with Crippen LogP contribution in [0.2, 0.25) is 0 Å². The van der Waals surface area contributed by atoms with E-state index in [4.69, 9.17) is 9.47 Å². The molecule has 0 spiro atoms. The van der Waals surface area contributed by atoms with E-state index < -0.39 is 0 Å². The first-order valence-corrected chi connectivity index (χ1v) is 7.22. The van der Waals surface area contributed by atoms with Crippen molar-refractivity contribution in [1.82, 2.24) is 10.2 Å². The van der Waals surface area contributed by atoms with Gasteiger partial charge in [0.25, 0.3) is 0 Å². The molecule has 1 aromatic carbocycles. The van der Waals surface area contributed by atoms with Crippen LogP contribution in [-0.4, -0.2) is 45.9 Å². The summed E-state index contributed by atoms with van der Waals surface area (Å²) < 4.78 is 10.9. The maximum atomic E-state index is 5.46. The molecule has 0 radical (unpaired) electrons. The minimum atomic E-state index is 0.341. The number of benzene rings is 1. The lowest BCUT2D eigenvalue weighted by Gasteiger charge is -2.20. The van der Waals surface area contributed by atoms with Crippen LogP contribution in [0.25, 0.3) is 0 Å². The normalized spacial score (nSPS) is 12.7. The Balaban J connectivity index is 2.75. The van der Waals surface area contributed by atoms with Crippen molar-refractivity contribution in [3.63, 3.8) is 0 Å². The third kappa shape index (κ3) is 5.12. The highest BCUT2D eigenvalue weighted by molar-refractivity contribution is 5.38. The predicted octanol–water partition coefficient (Wildman–Crippen LogP) is 2.44. The van der Waals surface area contributed by atoms with Crippen LogP contribution in [0.4, 0.5) is 0 Å². The zero-order chi connectivity index (χ0) is 15.0. The van der Waals surface area contributed by atoms with E-state index in [9.17, 15) is 0 Å². The topological polar surface area (TPSA) is 33.7 Å². The molecule has 20 heavy (non-hydrogen) atoms. The molecule has 0 amide bonds. The Bertz CT molecular complexity index is 396. The molecule has 0 aliphatic carbocycles. The van der Waals surface area contributed by atoms with E-state index in [0.29, 0.717) is 6.04 Å². The number of methoxy groups -OCH3 is 1. The first-order chi connectivity index (χ1) is 9.62. The molecular formula is C16H28N2O2. The molecular weight excluding hydrogens is 252 g/mol. The predicted molar refractivity (Wildman–Crippen MR) is 83.3 cm³/mol. The molecule has 0 saturated carbocycles. The van der Waals surface area contributed by atoms with Gasteiger partial charge in [-0.25, -0.2) is 0 Å². The van der Waals surface area contributed by atoms with Crippen LogP contribution in [-0.2, 0) is 11.3 Å². The van der Waals surface area contributed by atoms with Gasteiger partial charge in [-0.2, -0.15) is 0 Å². The summed E-state index contributed by atoms with van der Waals surface area (Å²) in [5, 5.41) is 3.27. The fraction of sp³-hybridized carbons (Fsp3) is 0.625. The van der Waals surface area contributed by atoms with Crippen molar-refractivity contribution in [1.29, 1.82) is 0 Å². The smallest absolute Gasteiger partial charge is 0.123 e. The number of likely N-dealkylation sites (N-methyl/N-ethyl adjacent to an activating group) is 1. The monoisotopic (exact) mass is 280 g/mol. The number of hydrogen-bond acceptors (Lipinski definition) is 4. The molecule has 1 aromatic rings. The van der Waals surface area contributed by atoms with Gasteiger partial charge in [0.2, 0.25) is 0 Å². The highest BCUT2D eigenvalue weighted by Gasteiger charge is 2.10. The standard InChI is InChI=1S/C16H28N2O2/c1-6-20-10-9-18(4)12-15-11-14(13(2)17-3)7-8-16(15)19-5/h7-8,11,13,17H,6,9-10,12H2,1-5H3. The summed E-state index contributed by atoms with van der Waals surface area (Å²) in [7, 11) is 5.80. The molecule has 0 aromatic heterocycles. The van der Waals surface area contributed by atoms with E-state index in [0.717, 1.165) is 32.1 Å². The molecule has 0 bridgehead atoms. The van der Waals surface area contributed by atoms with Crippen LogP contribution in [0.3, 0.4) is 0 Å². The van der Waals surface area contributed by atoms with Crippen LogP contribution >= 0.6 is 0 Å². The van der Waals surface area contributed by atoms with Crippen molar-refractivity contribution in [2.75, 3.05) is 41.0 Å². The fourth-order valence-corrected chi connectivity index (χ4v) is 2.09. The third-order valence-electron chi connectivity index (χ3n) is 3.50. The number of rotatable bonds is 9. The van der Waals surface area contributed by atoms with Gasteiger partial charge in [0, 0.05) is 31.3 Å². The minimum absolute atomic E-state index is 0.341. The Morgan fingerprint density at radius 3 is 2.70 bits per heavy atom. The van der Waals surface area contributed by atoms with Gasteiger partial charge in [-0.05, 0) is 45.6 Å². The van der Waals surface area contributed by atoms with Gasteiger partial charge in [0.05, 0.1) is 13.7 Å². The van der Waals surface area contributed by atoms with Crippen LogP contribution < -0.4 is 10.1 Å². The Morgan fingerprint density at radius 2 is 2.10 bits per heavy atom. The largest absolute Gasteiger partial charge is 0.496 e. The Morgan fingerprint density at radius 1 is 1.35 bits per heavy atom. The van der Waals surface area contributed by atoms with Crippen molar-refractivity contribution < 1.29 is 9.47 Å². The Kier molecular flexibility index (Phi) is 7.59. The molecule has 0 fully saturated rings. The highest BCUT2D eigenvalue weighted by Crippen LogP contribution is 2.24. The van der Waals surface area contributed by atoms with E-state index in [1.54, 1.807) is 7.11 Å². The van der Waals surface area contributed by atoms with Gasteiger partial charge in [0.15, 0.2) is 0 Å². The van der Waals surface area contributed by atoms with Gasteiger partial charge < -0.3 is 14.8 Å². The second kappa shape index (κ2) is 8.95. The van der Waals surface area contributed by atoms with Crippen molar-refractivity contribution in [2.45, 2.75) is 26.4 Å². The van der Waals surface area contributed by atoms with Crippen molar-refractivity contribution in [3.05, 3.63) is 29.3 Å². The summed E-state index contributed by atoms with van der Waals surface area (Å²) in [6.45, 7) is 7.49. The maximum absolute atomic E-state index is 5.46. The number of ether oxygens (including phenoxy) is 2. The van der Waals surface area contributed by atoms with Gasteiger partial charge in [-0.3, -0.25) is 4.90 Å². The van der Waals surface area contributed by atoms with Crippen molar-refractivity contribution in [3.8, 4) is 5.75 Å². The van der Waals surface area contributed by atoms with Crippen molar-refractivity contribution >= 4 is 0 Å². The molecule has 1 atom stereocenters. The molecule has 0 aliphatic heterocycles. The van der Waals surface area contributed by atoms with Crippen LogP contribution in [0.15, 0.2) is 18.2 Å². The van der Waals surface area contributed by atoms with Gasteiger partial charge in [-0.1, -0.05) is 6.07 Å². The maximum Gasteiger partial charge on any atom is 0.123 e. The first kappa shape index (κ1) is 17.0. The molecule has 4 nitrogen and oxygen atoms in total. The zero-order valence-corrected chi connectivity index (χ0v) is 13.4. The molecule has 4 heteroatoms. The minimum Gasteiger partial charge on any atom is -0.496 e. The fourth-order valence-electron chi connectivity index (χ4n) is 2.09. The van der Waals surface area contributed by atoms with Crippen molar-refractivity contribution in [2.24, 2.45) is 0 Å². The lowest BCUT2D eigenvalue weighted by Crippen LogP contribution is -2.23. The zero-order valence-electron chi connectivity index (χ0n) is 13.4. The summed E-state index contributed by atoms with van der Waals surface area (Å²) in [6, 6.07) is 6.73. The van der Waals surface area contributed by atoms with Crippen LogP contribution in [0, 0.1) is 0 Å². The van der Waals surface area contributed by atoms with E-state index in [1.807, 2.05) is 14.0 Å². The number of hydrogen-bond donors (Lipinski definition) is 1. The first-order valence-electron chi connectivity index (χ1n) is 7.22. The molecule has 0 heterocycles. The second-order valence-electron chi connectivity index (χ2n) is 5.02. The number of nitrogens with one attached hydrogen (secondary N) is 1. The second-order valence-corrected chi connectivity index (χ2v) is 5.02. The molecule has 0 saturated heterocycles. The third-order valence-corrected chi connectivity index (χ3v) is 3.50. The van der Waals surface area contributed by atoms with Gasteiger partial charge in [0.1, 0.15) is 5.75 Å². The van der Waals surface area contributed by atoms with Crippen LogP contribution in [0.5, 0.6) is 5.75 Å². The van der Waals surface area contributed by atoms with Crippen LogP contribution in [0.1, 0.15) is 31.0 Å². The Hall–Kier alpha value is -1.10. The van der Waals surface area contributed by atoms with E-state index in [-0.39, 0.29) is 0 Å². The molecule has 0 aliphatic rings. The Labute approximate surface area is 123 Å². The molecule has 1 N–H and O–H groups in total. The highest BCUT2D eigenvalue weighted by atomic mass is 16.5. The van der Waals surface area contributed by atoms with Gasteiger partial charge >= 0.3 is 0 Å². The summed E-state index contributed by atoms with van der Waals surface area (Å²) >= 11 is 0. The lowest BCUT2D eigenvalue weighted by atomic mass is 10.0. The van der Waals surface area contributed by atoms with E-state index in [2.05, 4.69) is 42.4 Å². The van der Waals surface area contributed by atoms with E-state index >= 15 is 0 Å². The summed E-state index contributed by atoms with van der Waals surface area (Å²) in [5.74, 6) is 0.945. The van der Waals surface area contributed by atoms with Gasteiger partial charge in [-0.15, -0.1) is 0 Å². The van der Waals surface area contributed by atoms with E-state index in [1.165, 1.54) is 11.1 Å². The molecule has 114 valence electrons. The lowest BCUT2D eigenvalue weighted by molar-refractivity contribution is 0.120. The molecule has 1 unspecified atom stereocenters. The average Bonchev–Trinajstić information content (AvgIpc) is 2.46.